The van der Waals surface area contributed by atoms with Gasteiger partial charge in [-0.25, -0.2) is 0 Å². The van der Waals surface area contributed by atoms with Crippen molar-refractivity contribution in [3.8, 4) is 0 Å². The molecule has 4 nitrogen and oxygen atoms in total. The molecule has 3 N–H and O–H groups in total. The summed E-state index contributed by atoms with van der Waals surface area (Å²) in [6, 6.07) is 0. The molecule has 2 aliphatic carbocycles. The van der Waals surface area contributed by atoms with Crippen molar-refractivity contribution in [1.29, 1.82) is 0 Å². The molecule has 0 aromatic carbocycles. The molecule has 2 aliphatic rings. The predicted molar refractivity (Wildman–Crippen MR) is 62.2 cm³/mol. The lowest BCUT2D eigenvalue weighted by atomic mass is 9.79. The molecule has 2 fully saturated rings. The van der Waals surface area contributed by atoms with Crippen LogP contribution in [0.15, 0.2) is 0 Å². The van der Waals surface area contributed by atoms with E-state index < -0.39 is 15.5 Å². The monoisotopic (exact) mass is 247 g/mol. The summed E-state index contributed by atoms with van der Waals surface area (Å²) in [5, 5.41) is -1.11. The molecule has 0 spiro atoms. The molecule has 0 aromatic heterocycles. The van der Waals surface area contributed by atoms with Crippen LogP contribution in [0.5, 0.6) is 0 Å². The Morgan fingerprint density at radius 2 is 2.06 bits per heavy atom. The van der Waals surface area contributed by atoms with Gasteiger partial charge in [-0.1, -0.05) is 13.3 Å². The molecule has 0 radical (unpaired) electrons. The number of hydrogen-bond donors (Lipinski definition) is 2. The molecule has 0 aliphatic heterocycles. The zero-order valence-corrected chi connectivity index (χ0v) is 10.5. The van der Waals surface area contributed by atoms with E-state index in [1.54, 1.807) is 0 Å². The van der Waals surface area contributed by atoms with E-state index in [4.69, 9.17) is 10.3 Å². The maximum absolute atomic E-state index is 10.9. The van der Waals surface area contributed by atoms with Gasteiger partial charge in [-0.2, -0.15) is 8.42 Å². The Balaban J connectivity index is 1.91. The highest BCUT2D eigenvalue weighted by Gasteiger charge is 2.42. The van der Waals surface area contributed by atoms with Crippen LogP contribution < -0.4 is 5.73 Å². The zero-order chi connectivity index (χ0) is 11.9. The van der Waals surface area contributed by atoms with Crippen molar-refractivity contribution in [3.63, 3.8) is 0 Å². The van der Waals surface area contributed by atoms with Crippen LogP contribution in [-0.4, -0.2) is 18.3 Å². The largest absolute Gasteiger partial charge is 0.313 e. The quantitative estimate of drug-likeness (QED) is 0.740. The average molecular weight is 247 g/mol. The first-order valence-corrected chi connectivity index (χ1v) is 7.60. The van der Waals surface area contributed by atoms with Gasteiger partial charge in [0.25, 0.3) is 10.1 Å². The van der Waals surface area contributed by atoms with Crippen molar-refractivity contribution in [1.82, 2.24) is 0 Å². The second kappa shape index (κ2) is 4.27. The summed E-state index contributed by atoms with van der Waals surface area (Å²) in [6.07, 6.45) is 5.56. The van der Waals surface area contributed by atoms with E-state index in [0.717, 1.165) is 11.8 Å². The van der Waals surface area contributed by atoms with Crippen LogP contribution >= 0.6 is 0 Å². The molecule has 0 saturated heterocycles. The van der Waals surface area contributed by atoms with Crippen molar-refractivity contribution >= 4 is 10.1 Å². The van der Waals surface area contributed by atoms with Gasteiger partial charge in [0, 0.05) is 0 Å². The van der Waals surface area contributed by atoms with Gasteiger partial charge in [0.15, 0.2) is 0 Å². The molecule has 2 bridgehead atoms. The lowest BCUT2D eigenvalue weighted by Gasteiger charge is -2.28. The second-order valence-electron chi connectivity index (χ2n) is 5.61. The Morgan fingerprint density at radius 1 is 1.38 bits per heavy atom. The van der Waals surface area contributed by atoms with Crippen molar-refractivity contribution in [2.24, 2.45) is 29.4 Å². The maximum Gasteiger partial charge on any atom is 0.280 e. The lowest BCUT2D eigenvalue weighted by Crippen LogP contribution is -2.34. The highest BCUT2D eigenvalue weighted by molar-refractivity contribution is 7.86. The summed E-state index contributed by atoms with van der Waals surface area (Å²) in [6.45, 7) is 2.07. The van der Waals surface area contributed by atoms with Crippen LogP contribution in [0.25, 0.3) is 0 Å². The van der Waals surface area contributed by atoms with Gasteiger partial charge in [0.05, 0.1) is 0 Å². The highest BCUT2D eigenvalue weighted by atomic mass is 32.2. The summed E-state index contributed by atoms with van der Waals surface area (Å²) in [5.41, 5.74) is 5.48. The summed E-state index contributed by atoms with van der Waals surface area (Å²) in [4.78, 5) is 0. The molecule has 0 aromatic rings. The fourth-order valence-electron chi connectivity index (χ4n) is 3.65. The van der Waals surface area contributed by atoms with Crippen LogP contribution in [0.1, 0.15) is 39.0 Å². The first-order valence-electron chi connectivity index (χ1n) is 6.09. The normalized spacial score (nSPS) is 37.6. The van der Waals surface area contributed by atoms with E-state index in [-0.39, 0.29) is 0 Å². The molecule has 0 heterocycles. The van der Waals surface area contributed by atoms with Gasteiger partial charge in [0.1, 0.15) is 5.37 Å². The number of fused-ring (bicyclic) bond motifs is 2. The first kappa shape index (κ1) is 12.3. The van der Waals surface area contributed by atoms with Crippen LogP contribution in [0.4, 0.5) is 0 Å². The molecule has 5 heteroatoms. The molecule has 5 atom stereocenters. The van der Waals surface area contributed by atoms with Crippen LogP contribution in [0.3, 0.4) is 0 Å². The fourth-order valence-corrected chi connectivity index (χ4v) is 4.20. The van der Waals surface area contributed by atoms with E-state index in [2.05, 4.69) is 6.92 Å². The lowest BCUT2D eigenvalue weighted by molar-refractivity contribution is 0.228. The van der Waals surface area contributed by atoms with Gasteiger partial charge in [0.2, 0.25) is 0 Å². The third kappa shape index (κ3) is 2.41. The van der Waals surface area contributed by atoms with Gasteiger partial charge in [-0.05, 0) is 49.4 Å². The zero-order valence-electron chi connectivity index (χ0n) is 9.67. The van der Waals surface area contributed by atoms with E-state index in [0.29, 0.717) is 18.3 Å². The van der Waals surface area contributed by atoms with Crippen molar-refractivity contribution in [2.45, 2.75) is 44.4 Å². The summed E-state index contributed by atoms with van der Waals surface area (Å²) in [7, 11) is -4.06. The molecular weight excluding hydrogens is 226 g/mol. The van der Waals surface area contributed by atoms with Crippen LogP contribution in [0.2, 0.25) is 0 Å². The van der Waals surface area contributed by atoms with E-state index >= 15 is 0 Å². The second-order valence-corrected chi connectivity index (χ2v) is 7.24. The molecule has 2 saturated carbocycles. The summed E-state index contributed by atoms with van der Waals surface area (Å²) < 4.78 is 30.6. The van der Waals surface area contributed by atoms with Crippen LogP contribution in [-0.2, 0) is 10.1 Å². The third-order valence-corrected chi connectivity index (χ3v) is 5.47. The van der Waals surface area contributed by atoms with Gasteiger partial charge >= 0.3 is 0 Å². The summed E-state index contributed by atoms with van der Waals surface area (Å²) in [5.74, 6) is 2.55. The molecular formula is C11H21NO3S. The molecule has 94 valence electrons. The molecule has 16 heavy (non-hydrogen) atoms. The van der Waals surface area contributed by atoms with Crippen molar-refractivity contribution in [2.75, 3.05) is 0 Å². The van der Waals surface area contributed by atoms with Crippen LogP contribution in [0, 0.1) is 23.7 Å². The Labute approximate surface area is 97.3 Å². The van der Waals surface area contributed by atoms with Crippen molar-refractivity contribution in [3.05, 3.63) is 0 Å². The Hall–Kier alpha value is -0.130. The summed E-state index contributed by atoms with van der Waals surface area (Å²) >= 11 is 0. The predicted octanol–water partition coefficient (Wildman–Crippen LogP) is 1.62. The maximum atomic E-state index is 10.9. The van der Waals surface area contributed by atoms with Gasteiger partial charge in [-0.15, -0.1) is 0 Å². The van der Waals surface area contributed by atoms with E-state index in [1.165, 1.54) is 25.7 Å². The standard InChI is InChI=1S/C11H21NO3S/c1-7(4-11(12)16(13,14)15)10-6-8-2-3-9(10)5-8/h7-11H,2-6,12H2,1H3,(H,13,14,15). The number of nitrogens with two attached hydrogens (primary N) is 1. The first-order chi connectivity index (χ1) is 7.38. The molecule has 2 rings (SSSR count). The van der Waals surface area contributed by atoms with Gasteiger partial charge < -0.3 is 5.73 Å². The number of rotatable bonds is 4. The highest BCUT2D eigenvalue weighted by Crippen LogP contribution is 2.51. The SMILES string of the molecule is CC(CC(N)S(=O)(=O)O)C1CC2CCC1C2. The van der Waals surface area contributed by atoms with Gasteiger partial charge in [-0.3, -0.25) is 4.55 Å². The average Bonchev–Trinajstić information content (AvgIpc) is 2.76. The minimum Gasteiger partial charge on any atom is -0.313 e. The number of hydrogen-bond acceptors (Lipinski definition) is 3. The minimum atomic E-state index is -4.06. The Morgan fingerprint density at radius 3 is 2.50 bits per heavy atom. The molecule has 5 unspecified atom stereocenters. The van der Waals surface area contributed by atoms with E-state index in [9.17, 15) is 8.42 Å². The third-order valence-electron chi connectivity index (χ3n) is 4.51. The smallest absolute Gasteiger partial charge is 0.280 e. The Kier molecular flexibility index (Phi) is 3.29. The Bertz CT molecular complexity index is 354. The minimum absolute atomic E-state index is 0.298. The topological polar surface area (TPSA) is 80.4 Å². The van der Waals surface area contributed by atoms with Crippen molar-refractivity contribution < 1.29 is 13.0 Å². The van der Waals surface area contributed by atoms with E-state index in [1.807, 2.05) is 0 Å². The molecule has 0 amide bonds. The fraction of sp³-hybridized carbons (Fsp3) is 1.00.